The zero-order valence-electron chi connectivity index (χ0n) is 23.8. The van der Waals surface area contributed by atoms with Gasteiger partial charge in [0.2, 0.25) is 0 Å². The van der Waals surface area contributed by atoms with Crippen molar-refractivity contribution in [2.75, 3.05) is 38.1 Å². The third-order valence-corrected chi connectivity index (χ3v) is 9.24. The summed E-state index contributed by atoms with van der Waals surface area (Å²) in [7, 11) is -1.51. The number of hydrogen-bond acceptors (Lipinski definition) is 6. The van der Waals surface area contributed by atoms with Crippen LogP contribution in [0, 0.1) is 0 Å². The largest absolute Gasteiger partial charge is 0.490 e. The van der Waals surface area contributed by atoms with Crippen molar-refractivity contribution in [1.29, 1.82) is 0 Å². The van der Waals surface area contributed by atoms with Crippen molar-refractivity contribution in [3.05, 3.63) is 87.9 Å². The summed E-state index contributed by atoms with van der Waals surface area (Å²) in [5.41, 5.74) is 5.76. The third kappa shape index (κ3) is 5.88. The predicted octanol–water partition coefficient (Wildman–Crippen LogP) is 6.04. The molecule has 0 radical (unpaired) electrons. The predicted molar refractivity (Wildman–Crippen MR) is 162 cm³/mol. The minimum absolute atomic E-state index is 0.181. The summed E-state index contributed by atoms with van der Waals surface area (Å²) in [6.45, 7) is 9.05. The number of rotatable bonds is 9. The summed E-state index contributed by atoms with van der Waals surface area (Å²) in [5, 5.41) is 0. The molecule has 2 atom stereocenters. The second-order valence-electron chi connectivity index (χ2n) is 10.5. The van der Waals surface area contributed by atoms with E-state index < -0.39 is 10.0 Å². The summed E-state index contributed by atoms with van der Waals surface area (Å²) in [5.74, 6) is 1.76. The number of nitrogens with zero attached hydrogens (tertiary/aromatic N) is 2. The van der Waals surface area contributed by atoms with Gasteiger partial charge in [-0.25, -0.2) is 8.42 Å². The molecule has 2 heterocycles. The molecule has 1 fully saturated rings. The molecule has 3 aliphatic rings. The molecule has 2 aromatic rings. The van der Waals surface area contributed by atoms with E-state index in [4.69, 9.17) is 14.5 Å². The minimum atomic E-state index is -3.67. The molecule has 40 heavy (non-hydrogen) atoms. The highest BCUT2D eigenvalue weighted by molar-refractivity contribution is 7.96. The van der Waals surface area contributed by atoms with Crippen LogP contribution in [-0.4, -0.2) is 58.4 Å². The van der Waals surface area contributed by atoms with E-state index in [0.29, 0.717) is 36.0 Å². The molecule has 0 amide bonds. The van der Waals surface area contributed by atoms with Crippen LogP contribution in [0.5, 0.6) is 11.5 Å². The molecule has 1 saturated heterocycles. The van der Waals surface area contributed by atoms with Gasteiger partial charge in [-0.1, -0.05) is 37.3 Å². The summed E-state index contributed by atoms with van der Waals surface area (Å²) < 4.78 is 41.0. The molecule has 0 spiro atoms. The van der Waals surface area contributed by atoms with Gasteiger partial charge in [-0.05, 0) is 81.8 Å². The molecule has 0 saturated carbocycles. The first-order valence-corrected chi connectivity index (χ1v) is 15.7. The van der Waals surface area contributed by atoms with E-state index in [1.807, 2.05) is 56.3 Å². The second-order valence-corrected chi connectivity index (χ2v) is 12.2. The average Bonchev–Trinajstić information content (AvgIpc) is 3.20. The lowest BCUT2D eigenvalue weighted by molar-refractivity contribution is 0.226. The molecule has 2 aromatic carbocycles. The lowest BCUT2D eigenvalue weighted by atomic mass is 9.79. The van der Waals surface area contributed by atoms with E-state index in [9.17, 15) is 8.42 Å². The van der Waals surface area contributed by atoms with Crippen molar-refractivity contribution in [3.63, 3.8) is 0 Å². The highest BCUT2D eigenvalue weighted by atomic mass is 32.2. The molecule has 2 aliphatic heterocycles. The highest BCUT2D eigenvalue weighted by Gasteiger charge is 2.36. The monoisotopic (exact) mass is 561 g/mol. The molecule has 0 bridgehead atoms. The van der Waals surface area contributed by atoms with Gasteiger partial charge in [-0.15, -0.1) is 0 Å². The van der Waals surface area contributed by atoms with Crippen molar-refractivity contribution in [3.8, 4) is 11.5 Å². The molecular formula is C32H39N3O4S. The molecule has 1 N–H and O–H groups in total. The topological polar surface area (TPSA) is 80.2 Å². The number of anilines is 1. The van der Waals surface area contributed by atoms with Gasteiger partial charge in [0, 0.05) is 35.7 Å². The van der Waals surface area contributed by atoms with E-state index in [-0.39, 0.29) is 12.0 Å². The quantitative estimate of drug-likeness (QED) is 0.404. The Morgan fingerprint density at radius 1 is 1.02 bits per heavy atom. The Hall–Kier alpha value is -3.36. The standard InChI is InChI=1S/C32H39N3O4S/c1-5-22-9-8-10-25(16-11-22)40(36,37)34-24-14-12-23(13-15-24)32-27-20-31(39-7-3)30(38-6-2)19-26(27)28-21-35(4)18-17-29(28)33-32/h8-9,11-16,19-20,28-29,34H,5-7,10,17-18,21H2,1-4H3. The van der Waals surface area contributed by atoms with Crippen LogP contribution >= 0.6 is 0 Å². The number of allylic oxidation sites excluding steroid dienone is 6. The van der Waals surface area contributed by atoms with Crippen LogP contribution in [0.2, 0.25) is 0 Å². The molecule has 5 rings (SSSR count). The number of ether oxygens (including phenoxy) is 2. The van der Waals surface area contributed by atoms with Gasteiger partial charge in [-0.2, -0.15) is 0 Å². The van der Waals surface area contributed by atoms with Crippen LogP contribution in [0.15, 0.2) is 76.2 Å². The average molecular weight is 562 g/mol. The summed E-state index contributed by atoms with van der Waals surface area (Å²) in [6.07, 6.45) is 9.68. The van der Waals surface area contributed by atoms with E-state index in [0.717, 1.165) is 54.1 Å². The van der Waals surface area contributed by atoms with Crippen LogP contribution < -0.4 is 14.2 Å². The maximum Gasteiger partial charge on any atom is 0.258 e. The zero-order valence-corrected chi connectivity index (χ0v) is 24.6. The molecule has 2 unspecified atom stereocenters. The van der Waals surface area contributed by atoms with Crippen molar-refractivity contribution in [2.24, 2.45) is 4.99 Å². The Labute approximate surface area is 238 Å². The fourth-order valence-electron chi connectivity index (χ4n) is 5.65. The number of likely N-dealkylation sites (N-methyl/N-ethyl adjacent to an activating group) is 1. The van der Waals surface area contributed by atoms with Crippen molar-refractivity contribution < 1.29 is 17.9 Å². The van der Waals surface area contributed by atoms with Gasteiger partial charge in [0.25, 0.3) is 10.0 Å². The van der Waals surface area contributed by atoms with Crippen molar-refractivity contribution in [2.45, 2.75) is 52.0 Å². The van der Waals surface area contributed by atoms with Crippen LogP contribution in [-0.2, 0) is 10.0 Å². The van der Waals surface area contributed by atoms with Gasteiger partial charge in [0.1, 0.15) is 0 Å². The highest BCUT2D eigenvalue weighted by Crippen LogP contribution is 2.42. The zero-order chi connectivity index (χ0) is 28.3. The van der Waals surface area contributed by atoms with E-state index in [1.54, 1.807) is 6.08 Å². The van der Waals surface area contributed by atoms with Crippen molar-refractivity contribution in [1.82, 2.24) is 4.90 Å². The molecular weight excluding hydrogens is 522 g/mol. The Bertz CT molecular complexity index is 1470. The van der Waals surface area contributed by atoms with Crippen molar-refractivity contribution >= 4 is 21.4 Å². The maximum atomic E-state index is 13.1. The smallest absolute Gasteiger partial charge is 0.258 e. The van der Waals surface area contributed by atoms with Crippen LogP contribution in [0.25, 0.3) is 0 Å². The normalized spacial score (nSPS) is 20.9. The lowest BCUT2D eigenvalue weighted by Crippen LogP contribution is -2.41. The summed E-state index contributed by atoms with van der Waals surface area (Å²) in [6, 6.07) is 11.9. The first-order valence-electron chi connectivity index (χ1n) is 14.2. The van der Waals surface area contributed by atoms with E-state index in [1.165, 1.54) is 5.56 Å². The second kappa shape index (κ2) is 12.0. The molecule has 1 aliphatic carbocycles. The molecule has 7 nitrogen and oxygen atoms in total. The Morgan fingerprint density at radius 2 is 1.75 bits per heavy atom. The molecule has 8 heteroatoms. The number of sulfonamides is 1. The molecule has 212 valence electrons. The van der Waals surface area contributed by atoms with E-state index >= 15 is 0 Å². The van der Waals surface area contributed by atoms with Crippen LogP contribution in [0.1, 0.15) is 62.6 Å². The van der Waals surface area contributed by atoms with Crippen LogP contribution in [0.4, 0.5) is 5.69 Å². The van der Waals surface area contributed by atoms with Gasteiger partial charge >= 0.3 is 0 Å². The Morgan fingerprint density at radius 3 is 2.45 bits per heavy atom. The van der Waals surface area contributed by atoms with Gasteiger partial charge in [0.15, 0.2) is 11.5 Å². The number of nitrogens with one attached hydrogen (secondary N) is 1. The number of fused-ring (bicyclic) bond motifs is 3. The number of piperidine rings is 1. The summed E-state index contributed by atoms with van der Waals surface area (Å²) in [4.78, 5) is 7.98. The Kier molecular flexibility index (Phi) is 8.47. The van der Waals surface area contributed by atoms with Gasteiger partial charge < -0.3 is 14.4 Å². The van der Waals surface area contributed by atoms with Crippen LogP contribution in [0.3, 0.4) is 0 Å². The number of aliphatic imine (C=N–C) groups is 1. The SMILES string of the molecule is CCOc1cc2c(cc1OCC)C1CN(C)CCC1N=C2c1ccc(NS(=O)(=O)C2=CC=C(CC)C=CC2)cc1. The molecule has 0 aromatic heterocycles. The number of hydrogen-bond donors (Lipinski definition) is 1. The third-order valence-electron chi connectivity index (χ3n) is 7.74. The Balaban J connectivity index is 1.47. The first-order chi connectivity index (χ1) is 19.3. The summed E-state index contributed by atoms with van der Waals surface area (Å²) >= 11 is 0. The fraction of sp³-hybridized carbons (Fsp3) is 0.406. The van der Waals surface area contributed by atoms with E-state index in [2.05, 4.69) is 35.7 Å². The number of benzene rings is 2. The fourth-order valence-corrected chi connectivity index (χ4v) is 6.79. The lowest BCUT2D eigenvalue weighted by Gasteiger charge is -2.39. The van der Waals surface area contributed by atoms with Gasteiger partial charge in [0.05, 0.1) is 29.9 Å². The van der Waals surface area contributed by atoms with Gasteiger partial charge in [-0.3, -0.25) is 9.71 Å². The number of likely N-dealkylation sites (tertiary alicyclic amines) is 1. The maximum absolute atomic E-state index is 13.1. The first kappa shape index (κ1) is 28.2. The minimum Gasteiger partial charge on any atom is -0.490 e.